The van der Waals surface area contributed by atoms with Gasteiger partial charge in [0.25, 0.3) is 11.2 Å². The molecule has 118 valence electrons. The van der Waals surface area contributed by atoms with Gasteiger partial charge in [-0.1, -0.05) is 6.92 Å². The third-order valence-electron chi connectivity index (χ3n) is 3.37. The number of non-ortho nitro benzene ring substituents is 1. The molecule has 0 aliphatic carbocycles. The quantitative estimate of drug-likeness (QED) is 0.503. The molecule has 10 heteroatoms. The van der Waals surface area contributed by atoms with E-state index in [9.17, 15) is 14.9 Å². The second kappa shape index (κ2) is 5.91. The van der Waals surface area contributed by atoms with Gasteiger partial charge in [0.2, 0.25) is 0 Å². The third-order valence-corrected chi connectivity index (χ3v) is 3.37. The summed E-state index contributed by atoms with van der Waals surface area (Å²) in [5.41, 5.74) is -0.111. The molecule has 0 atom stereocenters. The van der Waals surface area contributed by atoms with Gasteiger partial charge < -0.3 is 0 Å². The molecule has 0 fully saturated rings. The van der Waals surface area contributed by atoms with Gasteiger partial charge in [0, 0.05) is 18.7 Å². The van der Waals surface area contributed by atoms with Crippen LogP contribution < -0.4 is 5.56 Å². The number of nitrogens with zero attached hydrogens (tertiary/aromatic N) is 7. The highest BCUT2D eigenvalue weighted by Gasteiger charge is 2.13. The molecule has 0 bridgehead atoms. The number of nitro groups is 1. The zero-order valence-corrected chi connectivity index (χ0v) is 12.3. The van der Waals surface area contributed by atoms with E-state index in [0.717, 1.165) is 6.42 Å². The smallest absolute Gasteiger partial charge is 0.270 e. The molecule has 0 saturated heterocycles. The average Bonchev–Trinajstić information content (AvgIpc) is 2.97. The predicted octanol–water partition coefficient (Wildman–Crippen LogP) is 0.749. The fourth-order valence-electron chi connectivity index (χ4n) is 2.25. The number of aryl methyl sites for hydroxylation is 1. The van der Waals surface area contributed by atoms with Gasteiger partial charge in [-0.2, -0.15) is 0 Å². The van der Waals surface area contributed by atoms with Crippen LogP contribution in [0.5, 0.6) is 0 Å². The minimum Gasteiger partial charge on any atom is -0.291 e. The summed E-state index contributed by atoms with van der Waals surface area (Å²) in [6.07, 6.45) is 2.25. The van der Waals surface area contributed by atoms with Gasteiger partial charge in [-0.05, 0) is 22.9 Å². The van der Waals surface area contributed by atoms with Gasteiger partial charge in [-0.15, -0.1) is 5.10 Å². The molecular formula is C13H13N7O3. The molecule has 2 heterocycles. The zero-order valence-electron chi connectivity index (χ0n) is 12.3. The van der Waals surface area contributed by atoms with Gasteiger partial charge >= 0.3 is 0 Å². The molecule has 0 saturated carbocycles. The van der Waals surface area contributed by atoms with E-state index in [0.29, 0.717) is 17.9 Å². The van der Waals surface area contributed by atoms with Crippen LogP contribution in [0.1, 0.15) is 19.2 Å². The molecule has 2 aromatic heterocycles. The van der Waals surface area contributed by atoms with Crippen LogP contribution in [0.15, 0.2) is 29.3 Å². The molecular weight excluding hydrogens is 302 g/mol. The van der Waals surface area contributed by atoms with E-state index < -0.39 is 4.92 Å². The second-order valence-electron chi connectivity index (χ2n) is 4.95. The molecule has 3 rings (SSSR count). The Morgan fingerprint density at radius 3 is 2.91 bits per heavy atom. The molecule has 0 aliphatic rings. The van der Waals surface area contributed by atoms with Gasteiger partial charge in [0.05, 0.1) is 28.7 Å². The maximum Gasteiger partial charge on any atom is 0.270 e. The van der Waals surface area contributed by atoms with Crippen molar-refractivity contribution in [3.63, 3.8) is 0 Å². The third kappa shape index (κ3) is 2.78. The number of nitro benzene ring substituents is 1. The number of aromatic nitrogens is 6. The Hall–Kier alpha value is -3.17. The van der Waals surface area contributed by atoms with Crippen molar-refractivity contribution in [2.75, 3.05) is 0 Å². The first-order valence-electron chi connectivity index (χ1n) is 6.98. The van der Waals surface area contributed by atoms with E-state index in [1.54, 1.807) is 4.68 Å². The number of fused-ring (bicyclic) bond motifs is 1. The Morgan fingerprint density at radius 2 is 2.17 bits per heavy atom. The summed E-state index contributed by atoms with van der Waals surface area (Å²) in [4.78, 5) is 27.0. The molecule has 3 aromatic rings. The molecule has 0 radical (unpaired) electrons. The Bertz CT molecular complexity index is 931. The van der Waals surface area contributed by atoms with E-state index in [2.05, 4.69) is 20.5 Å². The molecule has 0 unspecified atom stereocenters. The van der Waals surface area contributed by atoms with Gasteiger partial charge in [0.15, 0.2) is 5.82 Å². The Labute approximate surface area is 129 Å². The van der Waals surface area contributed by atoms with Gasteiger partial charge in [-0.3, -0.25) is 19.5 Å². The normalized spacial score (nSPS) is 11.0. The van der Waals surface area contributed by atoms with E-state index in [1.165, 1.54) is 29.1 Å². The lowest BCUT2D eigenvalue weighted by molar-refractivity contribution is -0.384. The highest BCUT2D eigenvalue weighted by atomic mass is 16.6. The summed E-state index contributed by atoms with van der Waals surface area (Å²) in [5, 5.41) is 22.4. The predicted molar refractivity (Wildman–Crippen MR) is 79.9 cm³/mol. The average molecular weight is 315 g/mol. The molecule has 0 amide bonds. The van der Waals surface area contributed by atoms with Crippen LogP contribution in [0.25, 0.3) is 10.9 Å². The van der Waals surface area contributed by atoms with E-state index in [1.807, 2.05) is 6.92 Å². The van der Waals surface area contributed by atoms with Crippen LogP contribution in [0.4, 0.5) is 5.69 Å². The lowest BCUT2D eigenvalue weighted by atomic mass is 10.2. The number of hydrogen-bond acceptors (Lipinski definition) is 7. The fourth-order valence-corrected chi connectivity index (χ4v) is 2.25. The molecule has 23 heavy (non-hydrogen) atoms. The Kier molecular flexibility index (Phi) is 3.79. The summed E-state index contributed by atoms with van der Waals surface area (Å²) < 4.78 is 2.95. The van der Waals surface area contributed by atoms with Gasteiger partial charge in [-0.25, -0.2) is 9.67 Å². The molecule has 0 N–H and O–H groups in total. The van der Waals surface area contributed by atoms with Crippen molar-refractivity contribution in [1.82, 2.24) is 29.8 Å². The molecule has 0 spiro atoms. The topological polar surface area (TPSA) is 122 Å². The van der Waals surface area contributed by atoms with E-state index in [4.69, 9.17) is 0 Å². The number of benzene rings is 1. The van der Waals surface area contributed by atoms with Crippen molar-refractivity contribution in [2.24, 2.45) is 0 Å². The summed E-state index contributed by atoms with van der Waals surface area (Å²) in [7, 11) is 0. The van der Waals surface area contributed by atoms with Crippen molar-refractivity contribution in [3.8, 4) is 0 Å². The highest BCUT2D eigenvalue weighted by Crippen LogP contribution is 2.16. The van der Waals surface area contributed by atoms with Crippen LogP contribution in [-0.2, 0) is 13.1 Å². The molecule has 10 nitrogen and oxygen atoms in total. The number of tetrazole rings is 1. The minimum absolute atomic E-state index is 0.148. The monoisotopic (exact) mass is 315 g/mol. The van der Waals surface area contributed by atoms with Crippen LogP contribution in [0.2, 0.25) is 0 Å². The fraction of sp³-hybridized carbons (Fsp3) is 0.308. The Morgan fingerprint density at radius 1 is 1.35 bits per heavy atom. The van der Waals surface area contributed by atoms with Crippen LogP contribution in [0.3, 0.4) is 0 Å². The van der Waals surface area contributed by atoms with Crippen LogP contribution in [-0.4, -0.2) is 34.7 Å². The zero-order chi connectivity index (χ0) is 16.4. The minimum atomic E-state index is -0.544. The maximum atomic E-state index is 12.5. The highest BCUT2D eigenvalue weighted by molar-refractivity contribution is 5.79. The van der Waals surface area contributed by atoms with Crippen LogP contribution in [0, 0.1) is 10.1 Å². The number of rotatable bonds is 5. The van der Waals surface area contributed by atoms with E-state index in [-0.39, 0.29) is 23.2 Å². The van der Waals surface area contributed by atoms with E-state index >= 15 is 0 Å². The summed E-state index contributed by atoms with van der Waals surface area (Å²) >= 11 is 0. The van der Waals surface area contributed by atoms with Crippen molar-refractivity contribution in [2.45, 2.75) is 26.4 Å². The lowest BCUT2D eigenvalue weighted by Gasteiger charge is -2.06. The summed E-state index contributed by atoms with van der Waals surface area (Å²) in [5.74, 6) is 0.528. The largest absolute Gasteiger partial charge is 0.291 e. The van der Waals surface area contributed by atoms with Gasteiger partial charge in [0.1, 0.15) is 0 Å². The van der Waals surface area contributed by atoms with Crippen LogP contribution >= 0.6 is 0 Å². The summed E-state index contributed by atoms with van der Waals surface area (Å²) in [6, 6.07) is 4.01. The van der Waals surface area contributed by atoms with Crippen molar-refractivity contribution in [1.29, 1.82) is 0 Å². The molecule has 0 aliphatic heterocycles. The first-order chi connectivity index (χ1) is 11.1. The SMILES string of the molecule is CCCn1nnnc1Cn1cnc2ccc([N+](=O)[O-])cc2c1=O. The molecule has 1 aromatic carbocycles. The summed E-state index contributed by atoms with van der Waals surface area (Å²) in [6.45, 7) is 2.79. The standard InChI is InChI=1S/C13H13N7O3/c1-2-5-19-12(15-16-17-19)7-18-8-14-11-4-3-9(20(22)23)6-10(11)13(18)21/h3-4,6,8H,2,5,7H2,1H3. The van der Waals surface area contributed by atoms with Crippen molar-refractivity contribution >= 4 is 16.6 Å². The lowest BCUT2D eigenvalue weighted by Crippen LogP contribution is -2.23. The first kappa shape index (κ1) is 14.8. The first-order valence-corrected chi connectivity index (χ1v) is 6.98. The van der Waals surface area contributed by atoms with Crippen molar-refractivity contribution < 1.29 is 4.92 Å². The maximum absolute atomic E-state index is 12.5. The Balaban J connectivity index is 2.04. The van der Waals surface area contributed by atoms with Crippen molar-refractivity contribution in [3.05, 3.63) is 50.8 Å². The second-order valence-corrected chi connectivity index (χ2v) is 4.95. The number of hydrogen-bond donors (Lipinski definition) is 0.